The van der Waals surface area contributed by atoms with Crippen molar-refractivity contribution in [1.29, 1.82) is 0 Å². The van der Waals surface area contributed by atoms with E-state index < -0.39 is 0 Å². The smallest absolute Gasteiger partial charge is 0.145 e. The minimum Gasteiger partial charge on any atom is -0.493 e. The molecule has 0 atom stereocenters. The molecule has 21 heavy (non-hydrogen) atoms. The van der Waals surface area contributed by atoms with Gasteiger partial charge < -0.3 is 10.5 Å². The maximum Gasteiger partial charge on any atom is 0.145 e. The summed E-state index contributed by atoms with van der Waals surface area (Å²) in [6.45, 7) is 1.40. The molecule has 108 valence electrons. The highest BCUT2D eigenvalue weighted by molar-refractivity contribution is 6.35. The second-order valence-corrected chi connectivity index (χ2v) is 5.20. The van der Waals surface area contributed by atoms with Gasteiger partial charge in [-0.25, -0.2) is 0 Å². The molecule has 0 radical (unpaired) electrons. The van der Waals surface area contributed by atoms with E-state index in [0.29, 0.717) is 12.4 Å². The van der Waals surface area contributed by atoms with Crippen LogP contribution in [0.1, 0.15) is 6.42 Å². The van der Waals surface area contributed by atoms with Crippen LogP contribution in [0.2, 0.25) is 5.02 Å². The molecule has 0 fully saturated rings. The minimum absolute atomic E-state index is 0.541. The third kappa shape index (κ3) is 3.11. The highest BCUT2D eigenvalue weighted by atomic mass is 35.5. The Labute approximate surface area is 128 Å². The zero-order chi connectivity index (χ0) is 14.7. The first kappa shape index (κ1) is 13.8. The van der Waals surface area contributed by atoms with Crippen LogP contribution in [0.5, 0.6) is 5.75 Å². The van der Waals surface area contributed by atoms with Gasteiger partial charge in [0, 0.05) is 35.0 Å². The van der Waals surface area contributed by atoms with Crippen LogP contribution in [0.3, 0.4) is 0 Å². The van der Waals surface area contributed by atoms with Crippen LogP contribution < -0.4 is 10.5 Å². The molecule has 0 aliphatic heterocycles. The third-order valence-electron chi connectivity index (χ3n) is 3.28. The first-order valence-corrected chi connectivity index (χ1v) is 7.21. The zero-order valence-corrected chi connectivity index (χ0v) is 12.3. The highest BCUT2D eigenvalue weighted by Crippen LogP contribution is 2.31. The number of nitrogen functional groups attached to an aromatic ring is 1. The normalized spacial score (nSPS) is 10.9. The molecule has 1 heterocycles. The maximum atomic E-state index is 6.19. The van der Waals surface area contributed by atoms with E-state index in [4.69, 9.17) is 22.1 Å². The van der Waals surface area contributed by atoms with Gasteiger partial charge in [-0.2, -0.15) is 5.10 Å². The van der Waals surface area contributed by atoms with Crippen molar-refractivity contribution in [2.45, 2.75) is 13.0 Å². The van der Waals surface area contributed by atoms with Crippen molar-refractivity contribution in [2.75, 3.05) is 12.3 Å². The molecule has 0 bridgehead atoms. The number of ether oxygens (including phenoxy) is 1. The molecule has 1 aromatic heterocycles. The van der Waals surface area contributed by atoms with Crippen molar-refractivity contribution in [2.24, 2.45) is 0 Å². The van der Waals surface area contributed by atoms with Crippen LogP contribution in [-0.4, -0.2) is 16.4 Å². The SMILES string of the molecule is Nc1ccn(CCCOc2ccc(Cl)c3ccccc23)n1. The van der Waals surface area contributed by atoms with Gasteiger partial charge in [0.1, 0.15) is 11.6 Å². The molecule has 2 N–H and O–H groups in total. The predicted octanol–water partition coefficient (Wildman–Crippen LogP) is 3.74. The summed E-state index contributed by atoms with van der Waals surface area (Å²) in [5, 5.41) is 6.93. The number of fused-ring (bicyclic) bond motifs is 1. The number of aromatic nitrogens is 2. The largest absolute Gasteiger partial charge is 0.493 e. The summed E-state index contributed by atoms with van der Waals surface area (Å²) in [5.41, 5.74) is 5.57. The molecule has 2 aromatic carbocycles. The molecule has 0 spiro atoms. The first-order chi connectivity index (χ1) is 10.2. The number of benzene rings is 2. The Morgan fingerprint density at radius 3 is 2.67 bits per heavy atom. The number of hydrogen-bond donors (Lipinski definition) is 1. The fraction of sp³-hybridized carbons (Fsp3) is 0.188. The van der Waals surface area contributed by atoms with Gasteiger partial charge in [-0.15, -0.1) is 0 Å². The van der Waals surface area contributed by atoms with E-state index in [1.54, 1.807) is 6.07 Å². The molecule has 0 unspecified atom stereocenters. The lowest BCUT2D eigenvalue weighted by atomic mass is 10.1. The van der Waals surface area contributed by atoms with Crippen molar-refractivity contribution in [1.82, 2.24) is 9.78 Å². The van der Waals surface area contributed by atoms with Gasteiger partial charge >= 0.3 is 0 Å². The third-order valence-corrected chi connectivity index (χ3v) is 3.61. The molecule has 5 heteroatoms. The van der Waals surface area contributed by atoms with Crippen LogP contribution in [0.4, 0.5) is 5.82 Å². The molecule has 3 rings (SSSR count). The Hall–Kier alpha value is -2.20. The van der Waals surface area contributed by atoms with Crippen molar-refractivity contribution in [3.05, 3.63) is 53.7 Å². The van der Waals surface area contributed by atoms with E-state index in [0.717, 1.165) is 34.5 Å². The Morgan fingerprint density at radius 2 is 1.90 bits per heavy atom. The maximum absolute atomic E-state index is 6.19. The average Bonchev–Trinajstić information content (AvgIpc) is 2.91. The van der Waals surface area contributed by atoms with Crippen molar-refractivity contribution < 1.29 is 4.74 Å². The summed E-state index contributed by atoms with van der Waals surface area (Å²) in [5.74, 6) is 1.40. The molecule has 0 aliphatic carbocycles. The van der Waals surface area contributed by atoms with Crippen LogP contribution >= 0.6 is 11.6 Å². The second kappa shape index (κ2) is 6.06. The molecule has 3 aromatic rings. The van der Waals surface area contributed by atoms with Gasteiger partial charge in [0.25, 0.3) is 0 Å². The lowest BCUT2D eigenvalue weighted by Crippen LogP contribution is -2.05. The van der Waals surface area contributed by atoms with Gasteiger partial charge in [-0.3, -0.25) is 4.68 Å². The van der Waals surface area contributed by atoms with E-state index in [1.807, 2.05) is 47.3 Å². The van der Waals surface area contributed by atoms with E-state index in [9.17, 15) is 0 Å². The van der Waals surface area contributed by atoms with Crippen LogP contribution in [0.15, 0.2) is 48.7 Å². The van der Waals surface area contributed by atoms with Crippen LogP contribution in [-0.2, 0) is 6.54 Å². The monoisotopic (exact) mass is 301 g/mol. The summed E-state index contributed by atoms with van der Waals surface area (Å²) in [6, 6.07) is 13.5. The van der Waals surface area contributed by atoms with E-state index in [2.05, 4.69) is 5.10 Å². The Morgan fingerprint density at radius 1 is 1.10 bits per heavy atom. The molecular formula is C16H16ClN3O. The number of rotatable bonds is 5. The first-order valence-electron chi connectivity index (χ1n) is 6.83. The summed E-state index contributed by atoms with van der Waals surface area (Å²) in [6.07, 6.45) is 2.73. The molecule has 0 saturated carbocycles. The number of anilines is 1. The Bertz CT molecular complexity index is 754. The Balaban J connectivity index is 1.64. The van der Waals surface area contributed by atoms with Gasteiger partial charge in [-0.05, 0) is 18.2 Å². The summed E-state index contributed by atoms with van der Waals surface area (Å²) >= 11 is 6.19. The van der Waals surface area contributed by atoms with Crippen molar-refractivity contribution >= 4 is 28.2 Å². The number of halogens is 1. The van der Waals surface area contributed by atoms with Crippen LogP contribution in [0, 0.1) is 0 Å². The lowest BCUT2D eigenvalue weighted by Gasteiger charge is -2.10. The van der Waals surface area contributed by atoms with Crippen molar-refractivity contribution in [3.8, 4) is 5.75 Å². The predicted molar refractivity (Wildman–Crippen MR) is 85.7 cm³/mol. The fourth-order valence-electron chi connectivity index (χ4n) is 2.27. The summed E-state index contributed by atoms with van der Waals surface area (Å²) < 4.78 is 7.69. The fourth-order valence-corrected chi connectivity index (χ4v) is 2.50. The van der Waals surface area contributed by atoms with Gasteiger partial charge in [-0.1, -0.05) is 35.9 Å². The molecule has 0 amide bonds. The van der Waals surface area contributed by atoms with Gasteiger partial charge in [0.2, 0.25) is 0 Å². The lowest BCUT2D eigenvalue weighted by molar-refractivity contribution is 0.302. The average molecular weight is 302 g/mol. The highest BCUT2D eigenvalue weighted by Gasteiger charge is 2.05. The summed E-state index contributed by atoms with van der Waals surface area (Å²) in [4.78, 5) is 0. The topological polar surface area (TPSA) is 53.1 Å². The number of nitrogens with zero attached hydrogens (tertiary/aromatic N) is 2. The molecule has 4 nitrogen and oxygen atoms in total. The molecular weight excluding hydrogens is 286 g/mol. The van der Waals surface area contributed by atoms with E-state index in [-0.39, 0.29) is 0 Å². The Kier molecular flexibility index (Phi) is 3.97. The number of nitrogens with two attached hydrogens (primary N) is 1. The molecule has 0 saturated heterocycles. The van der Waals surface area contributed by atoms with E-state index in [1.165, 1.54) is 0 Å². The van der Waals surface area contributed by atoms with E-state index >= 15 is 0 Å². The standard InChI is InChI=1S/C16H16ClN3O/c17-14-6-7-15(13-5-2-1-4-12(13)14)21-11-3-9-20-10-8-16(18)19-20/h1-2,4-8,10H,3,9,11H2,(H2,18,19). The zero-order valence-electron chi connectivity index (χ0n) is 11.5. The van der Waals surface area contributed by atoms with Gasteiger partial charge in [0.15, 0.2) is 0 Å². The second-order valence-electron chi connectivity index (χ2n) is 4.80. The van der Waals surface area contributed by atoms with Crippen LogP contribution in [0.25, 0.3) is 10.8 Å². The minimum atomic E-state index is 0.541. The van der Waals surface area contributed by atoms with Crippen molar-refractivity contribution in [3.63, 3.8) is 0 Å². The number of hydrogen-bond acceptors (Lipinski definition) is 3. The number of aryl methyl sites for hydroxylation is 1. The van der Waals surface area contributed by atoms with Gasteiger partial charge in [0.05, 0.1) is 6.61 Å². The quantitative estimate of drug-likeness (QED) is 0.730. The molecule has 0 aliphatic rings. The summed E-state index contributed by atoms with van der Waals surface area (Å²) in [7, 11) is 0.